The highest BCUT2D eigenvalue weighted by Crippen LogP contribution is 2.05. The van der Waals surface area contributed by atoms with Crippen molar-refractivity contribution in [2.75, 3.05) is 13.1 Å². The van der Waals surface area contributed by atoms with Crippen LogP contribution in [0.3, 0.4) is 0 Å². The largest absolute Gasteiger partial charge is 0.386 e. The molecule has 110 valence electrons. The van der Waals surface area contributed by atoms with Gasteiger partial charge in [-0.15, -0.1) is 6.58 Å². The van der Waals surface area contributed by atoms with Gasteiger partial charge in [-0.25, -0.2) is 0 Å². The Morgan fingerprint density at radius 1 is 1.35 bits per heavy atom. The first-order valence-electron chi connectivity index (χ1n) is 7.15. The predicted octanol–water partition coefficient (Wildman–Crippen LogP) is 4.45. The molecular weight excluding hydrogens is 244 g/mol. The standard InChI is InChI=1S/C18H28N2/c1-6-16(3)12-13-17(4)15-19-14-10-8-9-11-18(5)20-7-2/h6,8-11,13,15-16,20H,1,5,7,12,14H2,2-4H3/b10-8-,11-9-,17-13+,19-15?. The normalized spacial score (nSPS) is 14.2. The molecule has 0 fully saturated rings. The quantitative estimate of drug-likeness (QED) is 0.354. The number of aliphatic imine (C=N–C) groups is 1. The van der Waals surface area contributed by atoms with Gasteiger partial charge in [-0.3, -0.25) is 4.99 Å². The number of hydrogen-bond donors (Lipinski definition) is 1. The van der Waals surface area contributed by atoms with E-state index < -0.39 is 0 Å². The monoisotopic (exact) mass is 272 g/mol. The van der Waals surface area contributed by atoms with Gasteiger partial charge in [-0.2, -0.15) is 0 Å². The molecule has 0 saturated heterocycles. The van der Waals surface area contributed by atoms with E-state index in [-0.39, 0.29) is 0 Å². The van der Waals surface area contributed by atoms with Gasteiger partial charge in [-0.1, -0.05) is 43.9 Å². The maximum atomic E-state index is 4.35. The molecule has 1 N–H and O–H groups in total. The summed E-state index contributed by atoms with van der Waals surface area (Å²) in [6, 6.07) is 0. The Balaban J connectivity index is 3.95. The van der Waals surface area contributed by atoms with E-state index in [2.05, 4.69) is 50.3 Å². The minimum absolute atomic E-state index is 0.521. The summed E-state index contributed by atoms with van der Waals surface area (Å²) in [7, 11) is 0. The van der Waals surface area contributed by atoms with E-state index in [0.717, 1.165) is 18.7 Å². The molecule has 0 heterocycles. The number of allylic oxidation sites excluding steroid dienone is 6. The van der Waals surface area contributed by atoms with Crippen molar-refractivity contribution < 1.29 is 0 Å². The summed E-state index contributed by atoms with van der Waals surface area (Å²) in [6.45, 7) is 15.5. The number of likely N-dealkylation sites (N-methyl/N-ethyl adjacent to an activating group) is 1. The molecular formula is C18H28N2. The average Bonchev–Trinajstić information content (AvgIpc) is 2.43. The summed E-state index contributed by atoms with van der Waals surface area (Å²) in [5.41, 5.74) is 2.12. The average molecular weight is 272 g/mol. The Kier molecular flexibility index (Phi) is 11.1. The van der Waals surface area contributed by atoms with Crippen molar-refractivity contribution >= 4 is 6.21 Å². The topological polar surface area (TPSA) is 24.4 Å². The van der Waals surface area contributed by atoms with Gasteiger partial charge in [0.25, 0.3) is 0 Å². The zero-order chi connectivity index (χ0) is 15.2. The highest BCUT2D eigenvalue weighted by molar-refractivity contribution is 5.77. The molecule has 0 rings (SSSR count). The van der Waals surface area contributed by atoms with Crippen LogP contribution in [-0.2, 0) is 0 Å². The number of rotatable bonds is 10. The molecule has 0 aliphatic heterocycles. The van der Waals surface area contributed by atoms with Crippen LogP contribution < -0.4 is 5.32 Å². The lowest BCUT2D eigenvalue weighted by atomic mass is 10.1. The zero-order valence-electron chi connectivity index (χ0n) is 13.1. The van der Waals surface area contributed by atoms with Crippen LogP contribution >= 0.6 is 0 Å². The molecule has 2 nitrogen and oxygen atoms in total. The number of hydrogen-bond acceptors (Lipinski definition) is 2. The maximum absolute atomic E-state index is 4.35. The first kappa shape index (κ1) is 18.2. The van der Waals surface area contributed by atoms with Crippen molar-refractivity contribution in [1.29, 1.82) is 0 Å². The summed E-state index contributed by atoms with van der Waals surface area (Å²) in [6.07, 6.45) is 15.0. The minimum atomic E-state index is 0.521. The van der Waals surface area contributed by atoms with E-state index >= 15 is 0 Å². The molecule has 1 atom stereocenters. The molecule has 0 amide bonds. The Labute approximate surface area is 124 Å². The van der Waals surface area contributed by atoms with E-state index in [4.69, 9.17) is 0 Å². The zero-order valence-corrected chi connectivity index (χ0v) is 13.1. The van der Waals surface area contributed by atoms with Gasteiger partial charge >= 0.3 is 0 Å². The first-order valence-corrected chi connectivity index (χ1v) is 7.15. The molecule has 0 saturated carbocycles. The van der Waals surface area contributed by atoms with Crippen LogP contribution in [0.1, 0.15) is 27.2 Å². The molecule has 0 aromatic rings. The Morgan fingerprint density at radius 2 is 2.10 bits per heavy atom. The van der Waals surface area contributed by atoms with Gasteiger partial charge < -0.3 is 5.32 Å². The lowest BCUT2D eigenvalue weighted by Gasteiger charge is -1.99. The van der Waals surface area contributed by atoms with Crippen molar-refractivity contribution in [3.05, 3.63) is 60.9 Å². The third-order valence-corrected chi connectivity index (χ3v) is 2.67. The molecule has 0 aliphatic carbocycles. The Bertz CT molecular complexity index is 398. The second kappa shape index (κ2) is 12.2. The minimum Gasteiger partial charge on any atom is -0.386 e. The molecule has 0 radical (unpaired) electrons. The van der Waals surface area contributed by atoms with Gasteiger partial charge in [0, 0.05) is 18.5 Å². The van der Waals surface area contributed by atoms with Crippen LogP contribution in [0.4, 0.5) is 0 Å². The summed E-state index contributed by atoms with van der Waals surface area (Å²) >= 11 is 0. The van der Waals surface area contributed by atoms with Crippen molar-refractivity contribution in [2.45, 2.75) is 27.2 Å². The molecule has 0 aliphatic rings. The lowest BCUT2D eigenvalue weighted by molar-refractivity contribution is 0.745. The van der Waals surface area contributed by atoms with Gasteiger partial charge in [0.05, 0.1) is 6.54 Å². The molecule has 0 aromatic heterocycles. The van der Waals surface area contributed by atoms with Crippen molar-refractivity contribution in [3.8, 4) is 0 Å². The fourth-order valence-electron chi connectivity index (χ4n) is 1.38. The SMILES string of the molecule is C=CC(C)C/C=C(\C)C=NC/C=C\C=C/C(=C)NCC. The molecule has 0 bridgehead atoms. The predicted molar refractivity (Wildman–Crippen MR) is 92.2 cm³/mol. The van der Waals surface area contributed by atoms with Crippen LogP contribution in [0.5, 0.6) is 0 Å². The highest BCUT2D eigenvalue weighted by Gasteiger charge is 1.91. The van der Waals surface area contributed by atoms with Gasteiger partial charge in [0.2, 0.25) is 0 Å². The van der Waals surface area contributed by atoms with E-state index in [1.807, 2.05) is 36.6 Å². The third kappa shape index (κ3) is 11.3. The molecule has 20 heavy (non-hydrogen) atoms. The van der Waals surface area contributed by atoms with Gasteiger partial charge in [0.1, 0.15) is 0 Å². The molecule has 2 heteroatoms. The summed E-state index contributed by atoms with van der Waals surface area (Å²) in [4.78, 5) is 4.35. The van der Waals surface area contributed by atoms with Gasteiger partial charge in [-0.05, 0) is 37.8 Å². The smallest absolute Gasteiger partial charge is 0.0573 e. The van der Waals surface area contributed by atoms with Crippen molar-refractivity contribution in [2.24, 2.45) is 10.9 Å². The summed E-state index contributed by atoms with van der Waals surface area (Å²) < 4.78 is 0. The number of nitrogens with one attached hydrogen (secondary N) is 1. The molecule has 0 aromatic carbocycles. The Morgan fingerprint density at radius 3 is 2.75 bits per heavy atom. The Hall–Kier alpha value is -1.83. The van der Waals surface area contributed by atoms with Gasteiger partial charge in [0.15, 0.2) is 0 Å². The summed E-state index contributed by atoms with van der Waals surface area (Å²) in [5, 5.41) is 3.13. The van der Waals surface area contributed by atoms with E-state index in [9.17, 15) is 0 Å². The third-order valence-electron chi connectivity index (χ3n) is 2.67. The first-order chi connectivity index (χ1) is 9.60. The molecule has 1 unspecified atom stereocenters. The fraction of sp³-hybridized carbons (Fsp3) is 0.389. The van der Waals surface area contributed by atoms with E-state index in [1.54, 1.807) is 0 Å². The van der Waals surface area contributed by atoms with E-state index in [1.165, 1.54) is 5.57 Å². The lowest BCUT2D eigenvalue weighted by Crippen LogP contribution is -2.08. The second-order valence-electron chi connectivity index (χ2n) is 4.73. The van der Waals surface area contributed by atoms with Crippen LogP contribution in [0.2, 0.25) is 0 Å². The number of nitrogens with zero attached hydrogens (tertiary/aromatic N) is 1. The van der Waals surface area contributed by atoms with Crippen LogP contribution in [0, 0.1) is 5.92 Å². The second-order valence-corrected chi connectivity index (χ2v) is 4.73. The van der Waals surface area contributed by atoms with Crippen LogP contribution in [0.15, 0.2) is 65.9 Å². The molecule has 0 spiro atoms. The fourth-order valence-corrected chi connectivity index (χ4v) is 1.38. The van der Waals surface area contributed by atoms with E-state index in [0.29, 0.717) is 12.5 Å². The van der Waals surface area contributed by atoms with Crippen LogP contribution in [0.25, 0.3) is 0 Å². The summed E-state index contributed by atoms with van der Waals surface area (Å²) in [5.74, 6) is 0.521. The van der Waals surface area contributed by atoms with Crippen molar-refractivity contribution in [3.63, 3.8) is 0 Å². The van der Waals surface area contributed by atoms with Crippen molar-refractivity contribution in [1.82, 2.24) is 5.32 Å². The van der Waals surface area contributed by atoms with Crippen LogP contribution in [-0.4, -0.2) is 19.3 Å². The highest BCUT2D eigenvalue weighted by atomic mass is 14.8. The maximum Gasteiger partial charge on any atom is 0.0573 e.